The van der Waals surface area contributed by atoms with Gasteiger partial charge in [-0.05, 0) is 57.5 Å². The van der Waals surface area contributed by atoms with Crippen LogP contribution in [0.5, 0.6) is 0 Å². The maximum Gasteiger partial charge on any atom is 0.123 e. The van der Waals surface area contributed by atoms with E-state index in [1.807, 2.05) is 24.6 Å². The van der Waals surface area contributed by atoms with Crippen molar-refractivity contribution in [3.05, 3.63) is 52.1 Å². The van der Waals surface area contributed by atoms with E-state index >= 15 is 0 Å². The number of hydrogen-bond donors (Lipinski definition) is 1. The molecule has 0 fully saturated rings. The predicted molar refractivity (Wildman–Crippen MR) is 84.0 cm³/mol. The summed E-state index contributed by atoms with van der Waals surface area (Å²) in [5.41, 5.74) is 5.49. The fourth-order valence-electron chi connectivity index (χ4n) is 2.87. The van der Waals surface area contributed by atoms with Gasteiger partial charge in [-0.15, -0.1) is 0 Å². The summed E-state index contributed by atoms with van der Waals surface area (Å²) < 4.78 is 15.4. The molecule has 0 radical (unpaired) electrons. The summed E-state index contributed by atoms with van der Waals surface area (Å²) >= 11 is 0. The van der Waals surface area contributed by atoms with Crippen LogP contribution < -0.4 is 5.32 Å². The number of benzene rings is 1. The second-order valence-electron chi connectivity index (χ2n) is 5.59. The zero-order chi connectivity index (χ0) is 15.6. The number of nitrogens with zero attached hydrogens (tertiary/aromatic N) is 2. The third kappa shape index (κ3) is 3.32. The van der Waals surface area contributed by atoms with Crippen molar-refractivity contribution in [2.45, 2.75) is 47.2 Å². The normalized spacial score (nSPS) is 12.7. The summed E-state index contributed by atoms with van der Waals surface area (Å²) in [5, 5.41) is 8.06. The Morgan fingerprint density at radius 2 is 2.00 bits per heavy atom. The molecule has 0 spiro atoms. The number of halogens is 1. The van der Waals surface area contributed by atoms with Gasteiger partial charge in [-0.2, -0.15) is 5.10 Å². The first-order valence-corrected chi connectivity index (χ1v) is 7.46. The molecule has 0 bridgehead atoms. The average Bonchev–Trinajstić information content (AvgIpc) is 2.69. The Bertz CT molecular complexity index is 631. The first-order chi connectivity index (χ1) is 9.93. The molecule has 0 saturated heterocycles. The molecule has 3 nitrogen and oxygen atoms in total. The van der Waals surface area contributed by atoms with Crippen LogP contribution >= 0.6 is 0 Å². The molecule has 1 aromatic heterocycles. The van der Waals surface area contributed by atoms with E-state index in [0.29, 0.717) is 6.54 Å². The predicted octanol–water partition coefficient (Wildman–Crippen LogP) is 3.67. The molecule has 1 aromatic carbocycles. The lowest BCUT2D eigenvalue weighted by Gasteiger charge is -2.14. The molecule has 0 saturated carbocycles. The molecule has 0 aliphatic rings. The van der Waals surface area contributed by atoms with Crippen molar-refractivity contribution >= 4 is 0 Å². The summed E-state index contributed by atoms with van der Waals surface area (Å²) in [6, 6.07) is 5.19. The van der Waals surface area contributed by atoms with Gasteiger partial charge in [-0.1, -0.05) is 13.0 Å². The Morgan fingerprint density at radius 1 is 1.29 bits per heavy atom. The molecule has 2 aromatic rings. The van der Waals surface area contributed by atoms with E-state index in [1.165, 1.54) is 11.6 Å². The van der Waals surface area contributed by atoms with Crippen LogP contribution in [0.25, 0.3) is 0 Å². The molecule has 1 N–H and O–H groups in total. The van der Waals surface area contributed by atoms with E-state index in [1.54, 1.807) is 6.07 Å². The lowest BCUT2D eigenvalue weighted by Crippen LogP contribution is -2.19. The number of rotatable bonds is 5. The molecule has 1 atom stereocenters. The zero-order valence-electron chi connectivity index (χ0n) is 13.5. The largest absolute Gasteiger partial charge is 0.310 e. The second-order valence-corrected chi connectivity index (χ2v) is 5.59. The minimum Gasteiger partial charge on any atom is -0.310 e. The van der Waals surface area contributed by atoms with Gasteiger partial charge in [0.15, 0.2) is 0 Å². The highest BCUT2D eigenvalue weighted by molar-refractivity contribution is 5.31. The van der Waals surface area contributed by atoms with Gasteiger partial charge in [0.25, 0.3) is 0 Å². The fraction of sp³-hybridized carbons (Fsp3) is 0.471. The first kappa shape index (κ1) is 15.7. The lowest BCUT2D eigenvalue weighted by molar-refractivity contribution is 0.588. The molecular formula is C17H24FN3. The van der Waals surface area contributed by atoms with Crippen LogP contribution in [0.2, 0.25) is 0 Å². The third-order valence-electron chi connectivity index (χ3n) is 4.01. The molecule has 1 heterocycles. The van der Waals surface area contributed by atoms with Crippen molar-refractivity contribution in [3.8, 4) is 0 Å². The van der Waals surface area contributed by atoms with Gasteiger partial charge in [-0.25, -0.2) is 4.39 Å². The van der Waals surface area contributed by atoms with Gasteiger partial charge in [0.05, 0.1) is 12.2 Å². The fourth-order valence-corrected chi connectivity index (χ4v) is 2.87. The van der Waals surface area contributed by atoms with Crippen LogP contribution in [-0.4, -0.2) is 16.3 Å². The summed E-state index contributed by atoms with van der Waals surface area (Å²) in [6.07, 6.45) is 0. The van der Waals surface area contributed by atoms with Crippen molar-refractivity contribution in [1.29, 1.82) is 0 Å². The monoisotopic (exact) mass is 289 g/mol. The van der Waals surface area contributed by atoms with Crippen molar-refractivity contribution in [2.75, 3.05) is 6.54 Å². The Labute approximate surface area is 126 Å². The highest BCUT2D eigenvalue weighted by Crippen LogP contribution is 2.22. The molecule has 4 heteroatoms. The first-order valence-electron chi connectivity index (χ1n) is 7.46. The second kappa shape index (κ2) is 6.39. The van der Waals surface area contributed by atoms with Crippen LogP contribution in [0.15, 0.2) is 18.2 Å². The Kier molecular flexibility index (Phi) is 4.78. The van der Waals surface area contributed by atoms with Gasteiger partial charge in [0.2, 0.25) is 0 Å². The van der Waals surface area contributed by atoms with Crippen molar-refractivity contribution < 1.29 is 4.39 Å². The van der Waals surface area contributed by atoms with Crippen LogP contribution in [-0.2, 0) is 6.54 Å². The molecule has 2 rings (SSSR count). The minimum absolute atomic E-state index is 0.196. The molecule has 0 aliphatic carbocycles. The van der Waals surface area contributed by atoms with Crippen molar-refractivity contribution in [3.63, 3.8) is 0 Å². The van der Waals surface area contributed by atoms with Crippen LogP contribution in [0.4, 0.5) is 4.39 Å². The van der Waals surface area contributed by atoms with Gasteiger partial charge in [0, 0.05) is 17.3 Å². The summed E-state index contributed by atoms with van der Waals surface area (Å²) in [7, 11) is 0. The number of aryl methyl sites for hydroxylation is 2. The van der Waals surface area contributed by atoms with Crippen LogP contribution in [0.1, 0.15) is 48.0 Å². The molecule has 114 valence electrons. The number of nitrogens with one attached hydrogen (secondary N) is 1. The highest BCUT2D eigenvalue weighted by atomic mass is 19.1. The SMILES string of the molecule is CCNC(C)c1c(C)nn(Cc2cc(F)ccc2C)c1C. The van der Waals surface area contributed by atoms with Crippen molar-refractivity contribution in [1.82, 2.24) is 15.1 Å². The molecule has 0 amide bonds. The van der Waals surface area contributed by atoms with E-state index in [2.05, 4.69) is 31.2 Å². The smallest absolute Gasteiger partial charge is 0.123 e. The van der Waals surface area contributed by atoms with E-state index in [-0.39, 0.29) is 11.9 Å². The molecule has 0 aliphatic heterocycles. The van der Waals surface area contributed by atoms with Crippen LogP contribution in [0, 0.1) is 26.6 Å². The van der Waals surface area contributed by atoms with E-state index in [0.717, 1.165) is 29.1 Å². The Hall–Kier alpha value is -1.68. The standard InChI is InChI=1S/C17H24FN3/c1-6-19-12(3)17-13(4)20-21(14(17)5)10-15-9-16(18)8-7-11(15)2/h7-9,12,19H,6,10H2,1-5H3. The Morgan fingerprint density at radius 3 is 2.67 bits per heavy atom. The number of hydrogen-bond acceptors (Lipinski definition) is 2. The quantitative estimate of drug-likeness (QED) is 0.910. The van der Waals surface area contributed by atoms with Crippen LogP contribution in [0.3, 0.4) is 0 Å². The zero-order valence-corrected chi connectivity index (χ0v) is 13.5. The number of aromatic nitrogens is 2. The van der Waals surface area contributed by atoms with Gasteiger partial charge in [0.1, 0.15) is 5.82 Å². The van der Waals surface area contributed by atoms with Gasteiger partial charge >= 0.3 is 0 Å². The average molecular weight is 289 g/mol. The molecule has 1 unspecified atom stereocenters. The summed E-state index contributed by atoms with van der Waals surface area (Å²) in [6.45, 7) is 11.9. The van der Waals surface area contributed by atoms with E-state index in [9.17, 15) is 4.39 Å². The lowest BCUT2D eigenvalue weighted by atomic mass is 10.1. The topological polar surface area (TPSA) is 29.9 Å². The maximum absolute atomic E-state index is 13.4. The van der Waals surface area contributed by atoms with Gasteiger partial charge < -0.3 is 5.32 Å². The molecule has 21 heavy (non-hydrogen) atoms. The molecular weight excluding hydrogens is 265 g/mol. The van der Waals surface area contributed by atoms with Gasteiger partial charge in [-0.3, -0.25) is 4.68 Å². The summed E-state index contributed by atoms with van der Waals surface area (Å²) in [5.74, 6) is -0.196. The Balaban J connectivity index is 2.33. The minimum atomic E-state index is -0.196. The van der Waals surface area contributed by atoms with E-state index in [4.69, 9.17) is 0 Å². The van der Waals surface area contributed by atoms with Crippen molar-refractivity contribution in [2.24, 2.45) is 0 Å². The highest BCUT2D eigenvalue weighted by Gasteiger charge is 2.17. The maximum atomic E-state index is 13.4. The summed E-state index contributed by atoms with van der Waals surface area (Å²) in [4.78, 5) is 0. The third-order valence-corrected chi connectivity index (χ3v) is 4.01. The van der Waals surface area contributed by atoms with E-state index < -0.39 is 0 Å².